The number of aryl methyl sites for hydroxylation is 1. The molecule has 0 aliphatic carbocycles. The van der Waals surface area contributed by atoms with Crippen LogP contribution < -0.4 is 16.0 Å². The molecule has 1 atom stereocenters. The van der Waals surface area contributed by atoms with Crippen LogP contribution in [0.15, 0.2) is 24.3 Å². The summed E-state index contributed by atoms with van der Waals surface area (Å²) in [5, 5.41) is 3.00. The third-order valence-corrected chi connectivity index (χ3v) is 3.57. The van der Waals surface area contributed by atoms with Crippen LogP contribution in [0.25, 0.3) is 0 Å². The zero-order valence-corrected chi connectivity index (χ0v) is 11.7. The van der Waals surface area contributed by atoms with Gasteiger partial charge in [-0.25, -0.2) is 0 Å². The Labute approximate surface area is 109 Å². The fourth-order valence-corrected chi connectivity index (χ4v) is 1.87. The molecule has 18 heavy (non-hydrogen) atoms. The summed E-state index contributed by atoms with van der Waals surface area (Å²) in [6, 6.07) is 8.20. The molecule has 3 N–H and O–H groups in total. The van der Waals surface area contributed by atoms with Crippen LogP contribution in [0, 0.1) is 6.92 Å². The van der Waals surface area contributed by atoms with E-state index in [1.165, 1.54) is 11.3 Å². The molecular formula is C14H23N3O. The second-order valence-electron chi connectivity index (χ2n) is 4.90. The van der Waals surface area contributed by atoms with E-state index in [-0.39, 0.29) is 5.91 Å². The first-order chi connectivity index (χ1) is 8.40. The summed E-state index contributed by atoms with van der Waals surface area (Å²) in [4.78, 5) is 13.6. The number of hydrogen-bond acceptors (Lipinski definition) is 3. The van der Waals surface area contributed by atoms with Crippen molar-refractivity contribution in [2.45, 2.75) is 25.8 Å². The lowest BCUT2D eigenvalue weighted by Crippen LogP contribution is -2.53. The third-order valence-electron chi connectivity index (χ3n) is 3.57. The molecule has 0 bridgehead atoms. The van der Waals surface area contributed by atoms with Gasteiger partial charge in [0.1, 0.15) is 0 Å². The van der Waals surface area contributed by atoms with Gasteiger partial charge in [0, 0.05) is 19.3 Å². The zero-order valence-electron chi connectivity index (χ0n) is 11.7. The smallest absolute Gasteiger partial charge is 0.237 e. The molecule has 100 valence electrons. The molecule has 1 aromatic rings. The van der Waals surface area contributed by atoms with Crippen molar-refractivity contribution in [1.82, 2.24) is 5.32 Å². The van der Waals surface area contributed by atoms with E-state index in [4.69, 9.17) is 5.73 Å². The minimum absolute atomic E-state index is 0.316. The minimum Gasteiger partial charge on any atom is -0.374 e. The predicted octanol–water partition coefficient (Wildman–Crippen LogP) is 1.28. The number of nitrogens with one attached hydrogen (secondary N) is 1. The van der Waals surface area contributed by atoms with Crippen LogP contribution in [0.1, 0.15) is 18.9 Å². The third kappa shape index (κ3) is 3.23. The van der Waals surface area contributed by atoms with Crippen LogP contribution in [0.3, 0.4) is 0 Å². The SMILES string of the molecule is CNC(C)(CCN(C)c1ccccc1C)C(N)=O. The maximum atomic E-state index is 11.4. The molecular weight excluding hydrogens is 226 g/mol. The van der Waals surface area contributed by atoms with Crippen molar-refractivity contribution in [3.8, 4) is 0 Å². The lowest BCUT2D eigenvalue weighted by molar-refractivity contribution is -0.123. The van der Waals surface area contributed by atoms with E-state index < -0.39 is 5.54 Å². The quantitative estimate of drug-likeness (QED) is 0.798. The van der Waals surface area contributed by atoms with Crippen LogP contribution in [0.2, 0.25) is 0 Å². The molecule has 0 aliphatic heterocycles. The first-order valence-corrected chi connectivity index (χ1v) is 6.16. The van der Waals surface area contributed by atoms with Gasteiger partial charge >= 0.3 is 0 Å². The Hall–Kier alpha value is -1.55. The number of para-hydroxylation sites is 1. The van der Waals surface area contributed by atoms with E-state index in [1.54, 1.807) is 7.05 Å². The van der Waals surface area contributed by atoms with Gasteiger partial charge in [-0.05, 0) is 38.9 Å². The Kier molecular flexibility index (Phi) is 4.73. The monoisotopic (exact) mass is 249 g/mol. The number of carbonyl (C=O) groups excluding carboxylic acids is 1. The summed E-state index contributed by atoms with van der Waals surface area (Å²) in [5.41, 5.74) is 7.17. The average molecular weight is 249 g/mol. The van der Waals surface area contributed by atoms with Crippen molar-refractivity contribution in [2.24, 2.45) is 5.73 Å². The van der Waals surface area contributed by atoms with Crippen LogP contribution >= 0.6 is 0 Å². The van der Waals surface area contributed by atoms with Crippen molar-refractivity contribution in [3.63, 3.8) is 0 Å². The maximum Gasteiger partial charge on any atom is 0.237 e. The first-order valence-electron chi connectivity index (χ1n) is 6.16. The maximum absolute atomic E-state index is 11.4. The van der Waals surface area contributed by atoms with Crippen molar-refractivity contribution in [3.05, 3.63) is 29.8 Å². The molecule has 0 radical (unpaired) electrons. The molecule has 4 heteroatoms. The average Bonchev–Trinajstić information content (AvgIpc) is 2.35. The van der Waals surface area contributed by atoms with Gasteiger partial charge in [-0.1, -0.05) is 18.2 Å². The number of hydrogen-bond donors (Lipinski definition) is 2. The van der Waals surface area contributed by atoms with Crippen molar-refractivity contribution < 1.29 is 4.79 Å². The molecule has 0 saturated heterocycles. The molecule has 0 saturated carbocycles. The summed E-state index contributed by atoms with van der Waals surface area (Å²) in [6.07, 6.45) is 0.670. The number of rotatable bonds is 6. The number of amides is 1. The first kappa shape index (κ1) is 14.5. The van der Waals surface area contributed by atoms with Gasteiger partial charge in [-0.15, -0.1) is 0 Å². The zero-order chi connectivity index (χ0) is 13.8. The van der Waals surface area contributed by atoms with Crippen molar-refractivity contribution in [2.75, 3.05) is 25.5 Å². The van der Waals surface area contributed by atoms with E-state index in [1.807, 2.05) is 26.1 Å². The highest BCUT2D eigenvalue weighted by atomic mass is 16.1. The molecule has 0 spiro atoms. The van der Waals surface area contributed by atoms with Gasteiger partial charge in [0.2, 0.25) is 5.91 Å². The lowest BCUT2D eigenvalue weighted by atomic mass is 9.97. The Morgan fingerprint density at radius 3 is 2.56 bits per heavy atom. The molecule has 1 rings (SSSR count). The van der Waals surface area contributed by atoms with E-state index in [0.717, 1.165) is 6.54 Å². The van der Waals surface area contributed by atoms with Gasteiger partial charge in [0.05, 0.1) is 5.54 Å². The second-order valence-corrected chi connectivity index (χ2v) is 4.90. The Morgan fingerprint density at radius 2 is 2.06 bits per heavy atom. The summed E-state index contributed by atoms with van der Waals surface area (Å²) in [6.45, 7) is 4.68. The fourth-order valence-electron chi connectivity index (χ4n) is 1.87. The van der Waals surface area contributed by atoms with Crippen molar-refractivity contribution in [1.29, 1.82) is 0 Å². The normalized spacial score (nSPS) is 14.0. The Bertz CT molecular complexity index is 419. The molecule has 0 heterocycles. The lowest BCUT2D eigenvalue weighted by Gasteiger charge is -2.29. The number of primary amides is 1. The fraction of sp³-hybridized carbons (Fsp3) is 0.500. The van der Waals surface area contributed by atoms with Gasteiger partial charge in [-0.3, -0.25) is 4.79 Å². The van der Waals surface area contributed by atoms with Crippen LogP contribution in [-0.4, -0.2) is 32.1 Å². The van der Waals surface area contributed by atoms with E-state index in [9.17, 15) is 4.79 Å². The molecule has 1 unspecified atom stereocenters. The predicted molar refractivity (Wildman–Crippen MR) is 75.7 cm³/mol. The topological polar surface area (TPSA) is 58.4 Å². The van der Waals surface area contributed by atoms with Crippen LogP contribution in [0.4, 0.5) is 5.69 Å². The summed E-state index contributed by atoms with van der Waals surface area (Å²) in [5.74, 6) is -0.316. The Balaban J connectivity index is 2.69. The van der Waals surface area contributed by atoms with Crippen LogP contribution in [-0.2, 0) is 4.79 Å². The minimum atomic E-state index is -0.656. The standard InChI is InChI=1S/C14H23N3O/c1-11-7-5-6-8-12(11)17(4)10-9-14(2,16-3)13(15)18/h5-8,16H,9-10H2,1-4H3,(H2,15,18). The van der Waals surface area contributed by atoms with E-state index in [2.05, 4.69) is 29.3 Å². The van der Waals surface area contributed by atoms with Gasteiger partial charge in [-0.2, -0.15) is 0 Å². The van der Waals surface area contributed by atoms with Gasteiger partial charge < -0.3 is 16.0 Å². The number of anilines is 1. The largest absolute Gasteiger partial charge is 0.374 e. The van der Waals surface area contributed by atoms with Gasteiger partial charge in [0.25, 0.3) is 0 Å². The number of nitrogens with two attached hydrogens (primary N) is 1. The highest BCUT2D eigenvalue weighted by molar-refractivity contribution is 5.84. The summed E-state index contributed by atoms with van der Waals surface area (Å²) < 4.78 is 0. The van der Waals surface area contributed by atoms with E-state index >= 15 is 0 Å². The summed E-state index contributed by atoms with van der Waals surface area (Å²) in [7, 11) is 3.79. The molecule has 4 nitrogen and oxygen atoms in total. The van der Waals surface area contributed by atoms with E-state index in [0.29, 0.717) is 6.42 Å². The molecule has 0 aliphatic rings. The van der Waals surface area contributed by atoms with Gasteiger partial charge in [0.15, 0.2) is 0 Å². The van der Waals surface area contributed by atoms with Crippen LogP contribution in [0.5, 0.6) is 0 Å². The molecule has 0 fully saturated rings. The highest BCUT2D eigenvalue weighted by Gasteiger charge is 2.28. The number of nitrogens with zero attached hydrogens (tertiary/aromatic N) is 1. The summed E-state index contributed by atoms with van der Waals surface area (Å²) >= 11 is 0. The van der Waals surface area contributed by atoms with Crippen molar-refractivity contribution >= 4 is 11.6 Å². The molecule has 1 amide bonds. The second kappa shape index (κ2) is 5.87. The number of likely N-dealkylation sites (N-methyl/N-ethyl adjacent to an activating group) is 1. The highest BCUT2D eigenvalue weighted by Crippen LogP contribution is 2.19. The number of carbonyl (C=O) groups is 1. The molecule has 1 aromatic carbocycles. The Morgan fingerprint density at radius 1 is 1.44 bits per heavy atom. The number of benzene rings is 1. The molecule has 0 aromatic heterocycles.